The van der Waals surface area contributed by atoms with Crippen LogP contribution in [0.15, 0.2) is 0 Å². The number of halogens is 1. The summed E-state index contributed by atoms with van der Waals surface area (Å²) in [6, 6.07) is 0. The molecule has 0 aromatic carbocycles. The van der Waals surface area contributed by atoms with Crippen LogP contribution >= 0.6 is 15.9 Å². The Balaban J connectivity index is 3.11. The predicted molar refractivity (Wildman–Crippen MR) is 80.9 cm³/mol. The van der Waals surface area contributed by atoms with Gasteiger partial charge >= 0.3 is 23.9 Å². The number of carbonyl (C=O) groups excluding carboxylic acids is 4. The van der Waals surface area contributed by atoms with Crippen molar-refractivity contribution in [3.63, 3.8) is 0 Å². The molecule has 0 radical (unpaired) electrons. The van der Waals surface area contributed by atoms with Crippen molar-refractivity contribution < 1.29 is 42.9 Å². The van der Waals surface area contributed by atoms with Gasteiger partial charge in [-0.2, -0.15) is 0 Å². The van der Waals surface area contributed by atoms with Crippen LogP contribution in [0.4, 0.5) is 0 Å². The number of hydrogen-bond donors (Lipinski definition) is 0. The van der Waals surface area contributed by atoms with Gasteiger partial charge in [-0.1, -0.05) is 15.9 Å². The molecule has 0 aromatic heterocycles. The molecule has 5 atom stereocenters. The Kier molecular flexibility index (Phi) is 7.61. The molecule has 1 aliphatic heterocycles. The molecular weight excluding hydrogens is 392 g/mol. The van der Waals surface area contributed by atoms with Gasteiger partial charge in [-0.05, 0) is 0 Å². The third-order valence-corrected chi connectivity index (χ3v) is 3.67. The van der Waals surface area contributed by atoms with Crippen LogP contribution in [-0.4, -0.2) is 59.9 Å². The van der Waals surface area contributed by atoms with E-state index in [1.807, 2.05) is 0 Å². The van der Waals surface area contributed by atoms with Crippen LogP contribution in [0.5, 0.6) is 0 Å². The molecule has 10 heteroatoms. The third-order valence-electron chi connectivity index (χ3n) is 2.93. The van der Waals surface area contributed by atoms with E-state index in [2.05, 4.69) is 15.9 Å². The molecule has 0 bridgehead atoms. The summed E-state index contributed by atoms with van der Waals surface area (Å²) >= 11 is 3.18. The van der Waals surface area contributed by atoms with Gasteiger partial charge in [0.2, 0.25) is 0 Å². The van der Waals surface area contributed by atoms with Crippen molar-refractivity contribution in [3.05, 3.63) is 0 Å². The second-order valence-corrected chi connectivity index (χ2v) is 5.95. The Hall–Kier alpha value is -1.68. The molecular formula is C14H19BrO9. The third kappa shape index (κ3) is 6.08. The lowest BCUT2D eigenvalue weighted by Crippen LogP contribution is -2.60. The van der Waals surface area contributed by atoms with Crippen LogP contribution < -0.4 is 0 Å². The van der Waals surface area contributed by atoms with Gasteiger partial charge in [-0.25, -0.2) is 0 Å². The zero-order valence-electron chi connectivity index (χ0n) is 13.6. The number of hydrogen-bond acceptors (Lipinski definition) is 9. The maximum Gasteiger partial charge on any atom is 0.303 e. The highest BCUT2D eigenvalue weighted by Gasteiger charge is 2.51. The summed E-state index contributed by atoms with van der Waals surface area (Å²) in [5, 5.41) is -0.863. The lowest BCUT2D eigenvalue weighted by molar-refractivity contribution is -0.236. The van der Waals surface area contributed by atoms with Crippen molar-refractivity contribution in [3.8, 4) is 0 Å². The first-order valence-corrected chi connectivity index (χ1v) is 7.98. The van der Waals surface area contributed by atoms with Crippen LogP contribution in [0.2, 0.25) is 0 Å². The van der Waals surface area contributed by atoms with Gasteiger partial charge in [0.1, 0.15) is 12.7 Å². The molecule has 0 amide bonds. The van der Waals surface area contributed by atoms with E-state index in [0.29, 0.717) is 0 Å². The highest BCUT2D eigenvalue weighted by atomic mass is 79.9. The Morgan fingerprint density at radius 1 is 0.792 bits per heavy atom. The van der Waals surface area contributed by atoms with E-state index in [0.717, 1.165) is 13.8 Å². The molecule has 24 heavy (non-hydrogen) atoms. The minimum atomic E-state index is -1.13. The zero-order chi connectivity index (χ0) is 18.4. The van der Waals surface area contributed by atoms with E-state index >= 15 is 0 Å². The molecule has 1 heterocycles. The largest absolute Gasteiger partial charge is 0.463 e. The average molecular weight is 411 g/mol. The fourth-order valence-corrected chi connectivity index (χ4v) is 2.86. The minimum absolute atomic E-state index is 0.236. The molecule has 9 nitrogen and oxygen atoms in total. The second kappa shape index (κ2) is 8.97. The molecule has 0 N–H and O–H groups in total. The summed E-state index contributed by atoms with van der Waals surface area (Å²) < 4.78 is 25.9. The zero-order valence-corrected chi connectivity index (χ0v) is 15.2. The minimum Gasteiger partial charge on any atom is -0.463 e. The maximum atomic E-state index is 11.4. The van der Waals surface area contributed by atoms with Gasteiger partial charge in [0, 0.05) is 27.7 Å². The summed E-state index contributed by atoms with van der Waals surface area (Å²) in [5.41, 5.74) is 0. The van der Waals surface area contributed by atoms with Crippen LogP contribution in [-0.2, 0) is 42.9 Å². The van der Waals surface area contributed by atoms with Crippen molar-refractivity contribution in [1.29, 1.82) is 0 Å². The quantitative estimate of drug-likeness (QED) is 0.362. The lowest BCUT2D eigenvalue weighted by Gasteiger charge is -2.42. The SMILES string of the molecule is CC(=O)OCC1O[C@H](Br)C(OC(C)=O)[C@H](OC(C)=O)[C@H]1OC(C)=O. The molecule has 1 rings (SSSR count). The van der Waals surface area contributed by atoms with E-state index in [1.165, 1.54) is 13.8 Å². The summed E-state index contributed by atoms with van der Waals surface area (Å²) in [7, 11) is 0. The Bertz CT molecular complexity index is 506. The van der Waals surface area contributed by atoms with Crippen LogP contribution in [0.25, 0.3) is 0 Å². The van der Waals surface area contributed by atoms with Gasteiger partial charge in [0.25, 0.3) is 0 Å². The summed E-state index contributed by atoms with van der Waals surface area (Å²) in [6.07, 6.45) is -4.22. The smallest absolute Gasteiger partial charge is 0.303 e. The number of ether oxygens (including phenoxy) is 5. The second-order valence-electron chi connectivity index (χ2n) is 5.05. The highest BCUT2D eigenvalue weighted by molar-refractivity contribution is 9.09. The topological polar surface area (TPSA) is 114 Å². The molecule has 0 aromatic rings. The average Bonchev–Trinajstić information content (AvgIpc) is 2.42. The van der Waals surface area contributed by atoms with Crippen molar-refractivity contribution in [1.82, 2.24) is 0 Å². The van der Waals surface area contributed by atoms with Crippen molar-refractivity contribution >= 4 is 39.8 Å². The molecule has 0 spiro atoms. The fraction of sp³-hybridized carbons (Fsp3) is 0.714. The first-order valence-electron chi connectivity index (χ1n) is 7.06. The Labute approximate surface area is 147 Å². The van der Waals surface area contributed by atoms with Crippen LogP contribution in [0.1, 0.15) is 27.7 Å². The molecule has 0 saturated carbocycles. The number of esters is 4. The van der Waals surface area contributed by atoms with Crippen LogP contribution in [0, 0.1) is 0 Å². The van der Waals surface area contributed by atoms with Gasteiger partial charge in [-0.15, -0.1) is 0 Å². The van der Waals surface area contributed by atoms with Crippen molar-refractivity contribution in [2.24, 2.45) is 0 Å². The monoisotopic (exact) mass is 410 g/mol. The standard InChI is InChI=1S/C14H19BrO9/c1-6(16)20-5-10-11(21-7(2)17)12(22-8(3)18)13(14(15)24-10)23-9(4)19/h10-14H,5H2,1-4H3/t10?,11-,12+,13?,14-/m0/s1. The summed E-state index contributed by atoms with van der Waals surface area (Å²) in [6.45, 7) is 4.47. The maximum absolute atomic E-state index is 11.4. The highest BCUT2D eigenvalue weighted by Crippen LogP contribution is 2.31. The van der Waals surface area contributed by atoms with Gasteiger partial charge in [-0.3, -0.25) is 19.2 Å². The van der Waals surface area contributed by atoms with Crippen molar-refractivity contribution in [2.45, 2.75) is 57.1 Å². The first-order chi connectivity index (χ1) is 11.1. The fourth-order valence-electron chi connectivity index (χ4n) is 2.18. The van der Waals surface area contributed by atoms with E-state index in [-0.39, 0.29) is 6.61 Å². The molecule has 1 saturated heterocycles. The first kappa shape index (κ1) is 20.4. The normalized spacial score (nSPS) is 29.3. The number of carbonyl (C=O) groups is 4. The predicted octanol–water partition coefficient (Wildman–Crippen LogP) is 0.464. The van der Waals surface area contributed by atoms with E-state index in [1.54, 1.807) is 0 Å². The van der Waals surface area contributed by atoms with Gasteiger partial charge in [0.05, 0.1) is 0 Å². The summed E-state index contributed by atoms with van der Waals surface area (Å²) in [4.78, 5) is 45.1. The molecule has 1 aliphatic rings. The molecule has 0 aliphatic carbocycles. The Morgan fingerprint density at radius 2 is 1.25 bits per heavy atom. The van der Waals surface area contributed by atoms with Crippen LogP contribution in [0.3, 0.4) is 0 Å². The van der Waals surface area contributed by atoms with Gasteiger partial charge in [0.15, 0.2) is 23.3 Å². The Morgan fingerprint density at radius 3 is 1.71 bits per heavy atom. The van der Waals surface area contributed by atoms with Crippen molar-refractivity contribution in [2.75, 3.05) is 6.61 Å². The van der Waals surface area contributed by atoms with E-state index < -0.39 is 53.3 Å². The van der Waals surface area contributed by atoms with Gasteiger partial charge < -0.3 is 23.7 Å². The molecule has 1 fully saturated rings. The molecule has 136 valence electrons. The number of alkyl halides is 1. The molecule has 2 unspecified atom stereocenters. The lowest BCUT2D eigenvalue weighted by atomic mass is 9.99. The van der Waals surface area contributed by atoms with E-state index in [9.17, 15) is 19.2 Å². The summed E-state index contributed by atoms with van der Waals surface area (Å²) in [5.74, 6) is -2.52. The van der Waals surface area contributed by atoms with E-state index in [4.69, 9.17) is 23.7 Å². The number of rotatable bonds is 5.